The van der Waals surface area contributed by atoms with Crippen LogP contribution in [0.5, 0.6) is 11.5 Å². The Morgan fingerprint density at radius 3 is 2.03 bits per heavy atom. The molecule has 0 saturated carbocycles. The van der Waals surface area contributed by atoms with Crippen molar-refractivity contribution in [3.63, 3.8) is 0 Å². The van der Waals surface area contributed by atoms with Crippen LogP contribution in [0.1, 0.15) is 60.1 Å². The van der Waals surface area contributed by atoms with Gasteiger partial charge < -0.3 is 14.8 Å². The number of aryl methyl sites for hydroxylation is 1. The third kappa shape index (κ3) is 5.24. The zero-order valence-corrected chi connectivity index (χ0v) is 18.1. The summed E-state index contributed by atoms with van der Waals surface area (Å²) in [6.07, 6.45) is -0.116. The first-order valence-corrected chi connectivity index (χ1v) is 10.1. The predicted molar refractivity (Wildman–Crippen MR) is 119 cm³/mol. The van der Waals surface area contributed by atoms with Gasteiger partial charge in [-0.05, 0) is 73.9 Å². The van der Waals surface area contributed by atoms with Crippen molar-refractivity contribution in [2.75, 3.05) is 12.4 Å². The van der Waals surface area contributed by atoms with Crippen LogP contribution in [0, 0.1) is 6.92 Å². The van der Waals surface area contributed by atoms with Gasteiger partial charge in [0.05, 0.1) is 23.1 Å². The minimum absolute atomic E-state index is 0.116. The van der Waals surface area contributed by atoms with Crippen LogP contribution < -0.4 is 10.1 Å². The maximum Gasteiger partial charge on any atom is 0.257 e. The number of amides is 1. The van der Waals surface area contributed by atoms with Gasteiger partial charge in [-0.2, -0.15) is 0 Å². The second-order valence-corrected chi connectivity index (χ2v) is 7.55. The van der Waals surface area contributed by atoms with Crippen molar-refractivity contribution >= 4 is 11.6 Å². The maximum atomic E-state index is 12.6. The lowest BCUT2D eigenvalue weighted by molar-refractivity contribution is 0.102. The standard InChI is InChI=1S/C25H28N2O3/c1-16(2)19-6-10-21(11-7-19)30-22-12-8-20(9-13-22)27-25(28)23-14-15-24(18(4)29-5)26-17(23)3/h6-16,18H,1-5H3,(H,27,28). The van der Waals surface area contributed by atoms with Crippen LogP contribution >= 0.6 is 0 Å². The molecule has 0 aliphatic heterocycles. The topological polar surface area (TPSA) is 60.5 Å². The van der Waals surface area contributed by atoms with E-state index in [1.807, 2.05) is 56.3 Å². The first kappa shape index (κ1) is 21.5. The van der Waals surface area contributed by atoms with Gasteiger partial charge >= 0.3 is 0 Å². The van der Waals surface area contributed by atoms with Crippen molar-refractivity contribution in [3.8, 4) is 11.5 Å². The SMILES string of the molecule is COC(C)c1ccc(C(=O)Nc2ccc(Oc3ccc(C(C)C)cc3)cc2)c(C)n1. The molecule has 2 aromatic carbocycles. The molecule has 1 unspecified atom stereocenters. The molecule has 0 spiro atoms. The van der Waals surface area contributed by atoms with E-state index < -0.39 is 0 Å². The Bertz CT molecular complexity index is 996. The normalized spacial score (nSPS) is 11.9. The highest BCUT2D eigenvalue weighted by molar-refractivity contribution is 6.05. The number of anilines is 1. The molecule has 0 fully saturated rings. The maximum absolute atomic E-state index is 12.6. The van der Waals surface area contributed by atoms with E-state index in [4.69, 9.17) is 9.47 Å². The van der Waals surface area contributed by atoms with Crippen LogP contribution in [0.3, 0.4) is 0 Å². The fraction of sp³-hybridized carbons (Fsp3) is 0.280. The van der Waals surface area contributed by atoms with Crippen LogP contribution in [0.4, 0.5) is 5.69 Å². The Kier molecular flexibility index (Phi) is 6.85. The third-order valence-corrected chi connectivity index (χ3v) is 5.02. The number of methoxy groups -OCH3 is 1. The average molecular weight is 405 g/mol. The molecule has 0 radical (unpaired) electrons. The van der Waals surface area contributed by atoms with Crippen molar-refractivity contribution in [2.45, 2.75) is 39.7 Å². The number of hydrogen-bond acceptors (Lipinski definition) is 4. The van der Waals surface area contributed by atoms with Crippen molar-refractivity contribution in [2.24, 2.45) is 0 Å². The monoisotopic (exact) mass is 404 g/mol. The molecule has 30 heavy (non-hydrogen) atoms. The first-order valence-electron chi connectivity index (χ1n) is 10.1. The zero-order valence-electron chi connectivity index (χ0n) is 18.1. The van der Waals surface area contributed by atoms with E-state index in [1.54, 1.807) is 13.2 Å². The average Bonchev–Trinajstić information content (AvgIpc) is 2.74. The largest absolute Gasteiger partial charge is 0.457 e. The van der Waals surface area contributed by atoms with Crippen LogP contribution in [0.15, 0.2) is 60.7 Å². The number of hydrogen-bond donors (Lipinski definition) is 1. The van der Waals surface area contributed by atoms with Crippen LogP contribution in [0.25, 0.3) is 0 Å². The van der Waals surface area contributed by atoms with Gasteiger partial charge in [-0.15, -0.1) is 0 Å². The molecule has 5 nitrogen and oxygen atoms in total. The fourth-order valence-corrected chi connectivity index (χ4v) is 3.03. The lowest BCUT2D eigenvalue weighted by atomic mass is 10.0. The van der Waals surface area contributed by atoms with Gasteiger partial charge in [-0.25, -0.2) is 0 Å². The molecule has 1 aromatic heterocycles. The molecule has 0 aliphatic rings. The summed E-state index contributed by atoms with van der Waals surface area (Å²) in [5.41, 5.74) is 3.96. The Morgan fingerprint density at radius 2 is 1.50 bits per heavy atom. The van der Waals surface area contributed by atoms with E-state index in [2.05, 4.69) is 36.3 Å². The van der Waals surface area contributed by atoms with Gasteiger partial charge in [0, 0.05) is 12.8 Å². The number of pyridine rings is 1. The van der Waals surface area contributed by atoms with Crippen LogP contribution in [0.2, 0.25) is 0 Å². The molecule has 5 heteroatoms. The smallest absolute Gasteiger partial charge is 0.257 e. The van der Waals surface area contributed by atoms with Crippen LogP contribution in [-0.2, 0) is 4.74 Å². The molecule has 3 aromatic rings. The first-order chi connectivity index (χ1) is 14.4. The quantitative estimate of drug-likeness (QED) is 0.504. The zero-order chi connectivity index (χ0) is 21.7. The van der Waals surface area contributed by atoms with E-state index in [0.717, 1.165) is 11.4 Å². The molecule has 156 valence electrons. The Labute approximate surface area is 178 Å². The summed E-state index contributed by atoms with van der Waals surface area (Å²) in [5, 5.41) is 2.91. The summed E-state index contributed by atoms with van der Waals surface area (Å²) in [5.74, 6) is 1.78. The molecule has 0 bridgehead atoms. The molecule has 1 N–H and O–H groups in total. The molecule has 1 amide bonds. The Hall–Kier alpha value is -3.18. The van der Waals surface area contributed by atoms with Crippen molar-refractivity contribution < 1.29 is 14.3 Å². The third-order valence-electron chi connectivity index (χ3n) is 5.02. The fourth-order valence-electron chi connectivity index (χ4n) is 3.03. The summed E-state index contributed by atoms with van der Waals surface area (Å²) in [6, 6.07) is 19.0. The van der Waals surface area contributed by atoms with E-state index in [1.165, 1.54) is 5.56 Å². The molecule has 0 aliphatic carbocycles. The minimum atomic E-state index is -0.199. The number of aromatic nitrogens is 1. The van der Waals surface area contributed by atoms with Gasteiger partial charge in [0.15, 0.2) is 0 Å². The molecule has 3 rings (SSSR count). The lowest BCUT2D eigenvalue weighted by Crippen LogP contribution is -2.15. The Morgan fingerprint density at radius 1 is 0.900 bits per heavy atom. The summed E-state index contributed by atoms with van der Waals surface area (Å²) in [7, 11) is 1.64. The number of nitrogens with one attached hydrogen (secondary N) is 1. The van der Waals surface area contributed by atoms with Crippen molar-refractivity contribution in [1.82, 2.24) is 4.98 Å². The summed E-state index contributed by atoms with van der Waals surface area (Å²) in [6.45, 7) is 8.07. The lowest BCUT2D eigenvalue weighted by Gasteiger charge is -2.12. The molecule has 1 atom stereocenters. The molecular formula is C25H28N2O3. The van der Waals surface area contributed by atoms with Gasteiger partial charge in [0.25, 0.3) is 5.91 Å². The van der Waals surface area contributed by atoms with Gasteiger partial charge in [0.2, 0.25) is 0 Å². The van der Waals surface area contributed by atoms with Gasteiger partial charge in [-0.3, -0.25) is 9.78 Å². The molecule has 0 saturated heterocycles. The van der Waals surface area contributed by atoms with Gasteiger partial charge in [0.1, 0.15) is 11.5 Å². The number of rotatable bonds is 7. The van der Waals surface area contributed by atoms with E-state index in [0.29, 0.717) is 28.6 Å². The second-order valence-electron chi connectivity index (χ2n) is 7.55. The van der Waals surface area contributed by atoms with Crippen molar-refractivity contribution in [3.05, 3.63) is 83.2 Å². The Balaban J connectivity index is 1.64. The highest BCUT2D eigenvalue weighted by atomic mass is 16.5. The van der Waals surface area contributed by atoms with Gasteiger partial charge in [-0.1, -0.05) is 26.0 Å². The second kappa shape index (κ2) is 9.55. The van der Waals surface area contributed by atoms with E-state index >= 15 is 0 Å². The summed E-state index contributed by atoms with van der Waals surface area (Å²) in [4.78, 5) is 17.1. The van der Waals surface area contributed by atoms with E-state index in [9.17, 15) is 4.79 Å². The highest BCUT2D eigenvalue weighted by Gasteiger charge is 2.13. The summed E-state index contributed by atoms with van der Waals surface area (Å²) < 4.78 is 11.2. The molecular weight excluding hydrogens is 376 g/mol. The molecule has 1 heterocycles. The number of carbonyl (C=O) groups excluding carboxylic acids is 1. The number of benzene rings is 2. The highest BCUT2D eigenvalue weighted by Crippen LogP contribution is 2.25. The number of carbonyl (C=O) groups is 1. The van der Waals surface area contributed by atoms with E-state index in [-0.39, 0.29) is 12.0 Å². The van der Waals surface area contributed by atoms with Crippen molar-refractivity contribution in [1.29, 1.82) is 0 Å². The predicted octanol–water partition coefficient (Wildman–Crippen LogP) is 6.27. The minimum Gasteiger partial charge on any atom is -0.457 e. The van der Waals surface area contributed by atoms with Crippen LogP contribution in [-0.4, -0.2) is 18.0 Å². The summed E-state index contributed by atoms with van der Waals surface area (Å²) >= 11 is 0. The number of ether oxygens (including phenoxy) is 2. The number of nitrogens with zero attached hydrogens (tertiary/aromatic N) is 1.